The van der Waals surface area contributed by atoms with Gasteiger partial charge in [-0.2, -0.15) is 4.98 Å². The van der Waals surface area contributed by atoms with Crippen molar-refractivity contribution in [2.24, 2.45) is 7.05 Å². The summed E-state index contributed by atoms with van der Waals surface area (Å²) in [5, 5.41) is 13.0. The van der Waals surface area contributed by atoms with Gasteiger partial charge in [-0.15, -0.1) is 10.2 Å². The largest absolute Gasteiger partial charge is 0.334 e. The summed E-state index contributed by atoms with van der Waals surface area (Å²) in [6.07, 6.45) is 3.41. The lowest BCUT2D eigenvalue weighted by atomic mass is 10.2. The van der Waals surface area contributed by atoms with Crippen LogP contribution in [0.1, 0.15) is 5.82 Å². The Balaban J connectivity index is 1.50. The van der Waals surface area contributed by atoms with Gasteiger partial charge in [-0.1, -0.05) is 32.8 Å². The average Bonchev–Trinajstić information content (AvgIpc) is 3.29. The van der Waals surface area contributed by atoms with E-state index in [0.29, 0.717) is 16.7 Å². The van der Waals surface area contributed by atoms with E-state index >= 15 is 0 Å². The molecule has 0 saturated heterocycles. The molecule has 3 heterocycles. The zero-order chi connectivity index (χ0) is 18.8. The van der Waals surface area contributed by atoms with E-state index in [4.69, 9.17) is 4.52 Å². The summed E-state index contributed by atoms with van der Waals surface area (Å²) >= 11 is 4.73. The van der Waals surface area contributed by atoms with E-state index in [1.165, 1.54) is 17.8 Å². The van der Waals surface area contributed by atoms with Gasteiger partial charge in [0.25, 0.3) is 5.89 Å². The van der Waals surface area contributed by atoms with Crippen molar-refractivity contribution in [2.45, 2.75) is 10.9 Å². The average molecular weight is 447 g/mol. The molecule has 0 spiro atoms. The van der Waals surface area contributed by atoms with Crippen LogP contribution in [0.3, 0.4) is 0 Å². The van der Waals surface area contributed by atoms with E-state index in [1.807, 2.05) is 23.7 Å². The number of benzene rings is 1. The first-order chi connectivity index (χ1) is 13.1. The topological polar surface area (TPSA) is 82.5 Å². The van der Waals surface area contributed by atoms with Crippen molar-refractivity contribution in [3.63, 3.8) is 0 Å². The smallest absolute Gasteiger partial charge is 0.260 e. The first-order valence-corrected chi connectivity index (χ1v) is 9.60. The minimum atomic E-state index is -0.420. The van der Waals surface area contributed by atoms with Gasteiger partial charge in [-0.3, -0.25) is 4.98 Å². The van der Waals surface area contributed by atoms with Crippen molar-refractivity contribution in [1.82, 2.24) is 29.9 Å². The third-order valence-corrected chi connectivity index (χ3v) is 5.24. The molecule has 0 aliphatic rings. The lowest BCUT2D eigenvalue weighted by Crippen LogP contribution is -1.95. The minimum Gasteiger partial charge on any atom is -0.334 e. The van der Waals surface area contributed by atoms with Crippen LogP contribution in [0.15, 0.2) is 56.9 Å². The van der Waals surface area contributed by atoms with Crippen molar-refractivity contribution in [3.8, 4) is 22.8 Å². The van der Waals surface area contributed by atoms with Crippen LogP contribution in [0.5, 0.6) is 0 Å². The molecule has 0 aliphatic heterocycles. The highest BCUT2D eigenvalue weighted by atomic mass is 79.9. The number of rotatable bonds is 5. The fraction of sp³-hybridized carbons (Fsp3) is 0.118. The maximum Gasteiger partial charge on any atom is 0.260 e. The monoisotopic (exact) mass is 446 g/mol. The Morgan fingerprint density at radius 3 is 2.81 bits per heavy atom. The predicted molar refractivity (Wildman–Crippen MR) is 101 cm³/mol. The molecule has 10 heteroatoms. The summed E-state index contributed by atoms with van der Waals surface area (Å²) in [5.74, 6) is 1.32. The summed E-state index contributed by atoms with van der Waals surface area (Å²) in [6.45, 7) is 0. The van der Waals surface area contributed by atoms with Gasteiger partial charge in [-0.05, 0) is 30.3 Å². The van der Waals surface area contributed by atoms with E-state index in [9.17, 15) is 4.39 Å². The molecule has 0 bridgehead atoms. The van der Waals surface area contributed by atoms with Crippen LogP contribution in [0, 0.1) is 5.82 Å². The lowest BCUT2D eigenvalue weighted by Gasteiger charge is -2.02. The molecule has 0 saturated carbocycles. The highest BCUT2D eigenvalue weighted by Gasteiger charge is 2.16. The Labute approximate surface area is 166 Å². The van der Waals surface area contributed by atoms with Crippen molar-refractivity contribution in [1.29, 1.82) is 0 Å². The second-order valence-electron chi connectivity index (χ2n) is 5.53. The Bertz CT molecular complexity index is 1080. The molecule has 7 nitrogen and oxygen atoms in total. The van der Waals surface area contributed by atoms with E-state index in [2.05, 4.69) is 41.3 Å². The molecule has 0 N–H and O–H groups in total. The Morgan fingerprint density at radius 2 is 2.00 bits per heavy atom. The first-order valence-electron chi connectivity index (χ1n) is 7.82. The summed E-state index contributed by atoms with van der Waals surface area (Å²) in [4.78, 5) is 8.27. The van der Waals surface area contributed by atoms with Gasteiger partial charge in [0.2, 0.25) is 0 Å². The number of thioether (sulfide) groups is 1. The second-order valence-corrected chi connectivity index (χ2v) is 7.39. The molecule has 136 valence electrons. The molecule has 0 atom stereocenters. The quantitative estimate of drug-likeness (QED) is 0.426. The fourth-order valence-electron chi connectivity index (χ4n) is 2.41. The SMILES string of the molecule is Cn1c(SCc2noc(-c3cc(Br)ccc3F)n2)nnc1-c1ccncc1. The van der Waals surface area contributed by atoms with Crippen LogP contribution in [-0.2, 0) is 12.8 Å². The van der Waals surface area contributed by atoms with Crippen molar-refractivity contribution in [3.05, 3.63) is 58.8 Å². The van der Waals surface area contributed by atoms with Crippen molar-refractivity contribution in [2.75, 3.05) is 0 Å². The normalized spacial score (nSPS) is 11.1. The summed E-state index contributed by atoms with van der Waals surface area (Å²) in [6, 6.07) is 8.30. The zero-order valence-corrected chi connectivity index (χ0v) is 16.4. The molecule has 4 aromatic rings. The van der Waals surface area contributed by atoms with Gasteiger partial charge < -0.3 is 9.09 Å². The van der Waals surface area contributed by atoms with Crippen LogP contribution in [0.4, 0.5) is 4.39 Å². The summed E-state index contributed by atoms with van der Waals surface area (Å²) in [7, 11) is 1.89. The highest BCUT2D eigenvalue weighted by Crippen LogP contribution is 2.27. The van der Waals surface area contributed by atoms with Gasteiger partial charge in [0.05, 0.1) is 11.3 Å². The number of aromatic nitrogens is 6. The van der Waals surface area contributed by atoms with Crippen LogP contribution < -0.4 is 0 Å². The molecule has 1 aromatic carbocycles. The van der Waals surface area contributed by atoms with Crippen LogP contribution in [0.2, 0.25) is 0 Å². The number of halogens is 2. The summed E-state index contributed by atoms with van der Waals surface area (Å²) < 4.78 is 21.8. The Hall–Kier alpha value is -2.59. The number of hydrogen-bond acceptors (Lipinski definition) is 7. The van der Waals surface area contributed by atoms with Crippen LogP contribution in [0.25, 0.3) is 22.8 Å². The molecular weight excluding hydrogens is 435 g/mol. The number of hydrogen-bond donors (Lipinski definition) is 0. The van der Waals surface area contributed by atoms with Gasteiger partial charge in [0.15, 0.2) is 16.8 Å². The Kier molecular flexibility index (Phi) is 4.99. The molecule has 0 fully saturated rings. The molecule has 4 rings (SSSR count). The molecule has 0 unspecified atom stereocenters. The van der Waals surface area contributed by atoms with E-state index in [-0.39, 0.29) is 11.5 Å². The standard InChI is InChI=1S/C17H12BrFN6OS/c1-25-15(10-4-6-20-7-5-10)22-23-17(25)27-9-14-21-16(26-24-14)12-8-11(18)2-3-13(12)19/h2-8H,9H2,1H3. The predicted octanol–water partition coefficient (Wildman–Crippen LogP) is 4.12. The molecule has 0 radical (unpaired) electrons. The molecule has 0 aliphatic carbocycles. The third kappa shape index (κ3) is 3.76. The summed E-state index contributed by atoms with van der Waals surface area (Å²) in [5.41, 5.74) is 1.19. The Morgan fingerprint density at radius 1 is 1.19 bits per heavy atom. The second kappa shape index (κ2) is 7.57. The van der Waals surface area contributed by atoms with Crippen LogP contribution >= 0.6 is 27.7 Å². The van der Waals surface area contributed by atoms with Crippen molar-refractivity contribution < 1.29 is 8.91 Å². The lowest BCUT2D eigenvalue weighted by molar-refractivity contribution is 0.422. The van der Waals surface area contributed by atoms with Gasteiger partial charge in [0.1, 0.15) is 5.82 Å². The highest BCUT2D eigenvalue weighted by molar-refractivity contribution is 9.10. The van der Waals surface area contributed by atoms with E-state index in [0.717, 1.165) is 15.9 Å². The third-order valence-electron chi connectivity index (χ3n) is 3.73. The first kappa shape index (κ1) is 17.8. The maximum atomic E-state index is 14.0. The van der Waals surface area contributed by atoms with E-state index < -0.39 is 5.82 Å². The van der Waals surface area contributed by atoms with Crippen LogP contribution in [-0.4, -0.2) is 29.9 Å². The van der Waals surface area contributed by atoms with Crippen molar-refractivity contribution >= 4 is 27.7 Å². The van der Waals surface area contributed by atoms with Gasteiger partial charge >= 0.3 is 0 Å². The zero-order valence-electron chi connectivity index (χ0n) is 14.0. The molecule has 3 aromatic heterocycles. The maximum absolute atomic E-state index is 14.0. The number of nitrogens with zero attached hydrogens (tertiary/aromatic N) is 6. The minimum absolute atomic E-state index is 0.139. The molecular formula is C17H12BrFN6OS. The number of pyridine rings is 1. The molecule has 27 heavy (non-hydrogen) atoms. The fourth-order valence-corrected chi connectivity index (χ4v) is 3.52. The van der Waals surface area contributed by atoms with Gasteiger partial charge in [-0.25, -0.2) is 4.39 Å². The molecule has 0 amide bonds. The van der Waals surface area contributed by atoms with E-state index in [1.54, 1.807) is 24.5 Å². The van der Waals surface area contributed by atoms with Gasteiger partial charge in [0, 0.05) is 29.5 Å².